The molecule has 4 heteroatoms. The summed E-state index contributed by atoms with van der Waals surface area (Å²) < 4.78 is 0. The zero-order chi connectivity index (χ0) is 17.8. The summed E-state index contributed by atoms with van der Waals surface area (Å²) in [7, 11) is 0. The smallest absolute Gasteiger partial charge is 0.340 e. The van der Waals surface area contributed by atoms with Crippen molar-refractivity contribution in [2.24, 2.45) is 0 Å². The number of rotatable bonds is 5. The Balaban J connectivity index is 2.35. The number of fused-ring (bicyclic) bond motifs is 1. The highest BCUT2D eigenvalue weighted by atomic mass is 16.4. The van der Waals surface area contributed by atoms with E-state index in [4.69, 9.17) is 4.98 Å². The largest absolute Gasteiger partial charge is 0.478 e. The first-order valence-electron chi connectivity index (χ1n) is 9.26. The van der Waals surface area contributed by atoms with E-state index in [2.05, 4.69) is 4.90 Å². The topological polar surface area (TPSA) is 53.4 Å². The highest BCUT2D eigenvalue weighted by molar-refractivity contribution is 6.02. The number of pyridine rings is 1. The number of aryl methyl sites for hydroxylation is 1. The van der Waals surface area contributed by atoms with Gasteiger partial charge in [0.1, 0.15) is 11.4 Å². The molecule has 2 aromatic rings. The van der Waals surface area contributed by atoms with Crippen LogP contribution in [-0.4, -0.2) is 29.1 Å². The lowest BCUT2D eigenvalue weighted by atomic mass is 9.91. The zero-order valence-electron chi connectivity index (χ0n) is 15.1. The maximum Gasteiger partial charge on any atom is 0.340 e. The number of benzene rings is 1. The third kappa shape index (κ3) is 3.39. The van der Waals surface area contributed by atoms with Crippen LogP contribution in [0.25, 0.3) is 11.1 Å². The number of hydrogen-bond acceptors (Lipinski definition) is 3. The maximum atomic E-state index is 12.3. The van der Waals surface area contributed by atoms with Gasteiger partial charge in [-0.3, -0.25) is 0 Å². The lowest BCUT2D eigenvalue weighted by Gasteiger charge is -2.26. The highest BCUT2D eigenvalue weighted by Gasteiger charge is 2.27. The molecule has 0 saturated heterocycles. The first kappa shape index (κ1) is 17.5. The average molecular weight is 338 g/mol. The highest BCUT2D eigenvalue weighted by Crippen LogP contribution is 2.37. The molecule has 0 spiro atoms. The molecule has 0 aliphatic heterocycles. The lowest BCUT2D eigenvalue weighted by Crippen LogP contribution is -2.27. The number of anilines is 1. The Hall–Kier alpha value is -2.36. The summed E-state index contributed by atoms with van der Waals surface area (Å²) >= 11 is 0. The summed E-state index contributed by atoms with van der Waals surface area (Å²) in [5.74, 6) is -0.266. The van der Waals surface area contributed by atoms with Crippen LogP contribution in [0.2, 0.25) is 0 Å². The van der Waals surface area contributed by atoms with Crippen LogP contribution in [0.15, 0.2) is 30.3 Å². The number of aromatic carboxylic acids is 1. The van der Waals surface area contributed by atoms with Crippen molar-refractivity contribution in [2.45, 2.75) is 46.0 Å². The predicted molar refractivity (Wildman–Crippen MR) is 101 cm³/mol. The third-order valence-corrected chi connectivity index (χ3v) is 5.04. The minimum Gasteiger partial charge on any atom is -0.478 e. The lowest BCUT2D eigenvalue weighted by molar-refractivity contribution is 0.0698. The normalized spacial score (nSPS) is 13.8. The minimum atomic E-state index is -0.889. The van der Waals surface area contributed by atoms with Gasteiger partial charge < -0.3 is 10.0 Å². The van der Waals surface area contributed by atoms with Gasteiger partial charge in [0.05, 0.1) is 0 Å². The van der Waals surface area contributed by atoms with Gasteiger partial charge in [-0.2, -0.15) is 0 Å². The predicted octanol–water partition coefficient (Wildman–Crippen LogP) is 4.56. The summed E-state index contributed by atoms with van der Waals surface area (Å²) in [5.41, 5.74) is 4.44. The molecule has 4 nitrogen and oxygen atoms in total. The molecule has 0 amide bonds. The Morgan fingerprint density at radius 2 is 1.76 bits per heavy atom. The van der Waals surface area contributed by atoms with Crippen LogP contribution >= 0.6 is 0 Å². The SMILES string of the molecule is CCN(CC)c1nc2c(c(-c3ccccc3)c1C(=O)O)CCCCC2. The number of carboxylic acids is 1. The summed E-state index contributed by atoms with van der Waals surface area (Å²) in [6.45, 7) is 5.59. The van der Waals surface area contributed by atoms with Gasteiger partial charge in [0.2, 0.25) is 0 Å². The van der Waals surface area contributed by atoms with Gasteiger partial charge in [0, 0.05) is 24.3 Å². The molecule has 1 heterocycles. The van der Waals surface area contributed by atoms with Gasteiger partial charge in [-0.1, -0.05) is 36.8 Å². The van der Waals surface area contributed by atoms with Crippen LogP contribution in [0, 0.1) is 0 Å². The van der Waals surface area contributed by atoms with E-state index in [9.17, 15) is 9.90 Å². The zero-order valence-corrected chi connectivity index (χ0v) is 15.1. The van der Waals surface area contributed by atoms with E-state index in [1.165, 1.54) is 6.42 Å². The summed E-state index contributed by atoms with van der Waals surface area (Å²) in [4.78, 5) is 19.2. The van der Waals surface area contributed by atoms with Gasteiger partial charge >= 0.3 is 5.97 Å². The minimum absolute atomic E-state index is 0.357. The maximum absolute atomic E-state index is 12.3. The molecule has 1 aliphatic rings. The summed E-state index contributed by atoms with van der Waals surface area (Å²) in [6, 6.07) is 9.94. The second-order valence-electron chi connectivity index (χ2n) is 6.51. The Morgan fingerprint density at radius 1 is 1.08 bits per heavy atom. The first-order valence-corrected chi connectivity index (χ1v) is 9.26. The molecule has 3 rings (SSSR count). The average Bonchev–Trinajstić information content (AvgIpc) is 2.87. The van der Waals surface area contributed by atoms with Crippen molar-refractivity contribution in [3.63, 3.8) is 0 Å². The Kier molecular flexibility index (Phi) is 5.37. The molecule has 1 aromatic heterocycles. The van der Waals surface area contributed by atoms with Crippen molar-refractivity contribution in [2.75, 3.05) is 18.0 Å². The number of carboxylic acid groups (broad SMARTS) is 1. The third-order valence-electron chi connectivity index (χ3n) is 5.04. The fourth-order valence-electron chi connectivity index (χ4n) is 3.78. The van der Waals surface area contributed by atoms with Crippen molar-refractivity contribution < 1.29 is 9.90 Å². The molecule has 132 valence electrons. The molecular weight excluding hydrogens is 312 g/mol. The van der Waals surface area contributed by atoms with Crippen molar-refractivity contribution in [3.8, 4) is 11.1 Å². The van der Waals surface area contributed by atoms with E-state index in [-0.39, 0.29) is 0 Å². The van der Waals surface area contributed by atoms with E-state index >= 15 is 0 Å². The van der Waals surface area contributed by atoms with E-state index in [0.29, 0.717) is 11.4 Å². The van der Waals surface area contributed by atoms with Gasteiger partial charge in [-0.15, -0.1) is 0 Å². The van der Waals surface area contributed by atoms with Crippen LogP contribution in [-0.2, 0) is 12.8 Å². The molecular formula is C21H26N2O2. The standard InChI is InChI=1S/C21H26N2O2/c1-3-23(4-2)20-19(21(24)25)18(15-11-7-5-8-12-15)16-13-9-6-10-14-17(16)22-20/h5,7-8,11-12H,3-4,6,9-10,13-14H2,1-2H3,(H,24,25). The molecule has 0 fully saturated rings. The van der Waals surface area contributed by atoms with E-state index in [1.54, 1.807) is 0 Å². The fourth-order valence-corrected chi connectivity index (χ4v) is 3.78. The molecule has 1 N–H and O–H groups in total. The number of carbonyl (C=O) groups is 1. The van der Waals surface area contributed by atoms with E-state index in [1.807, 2.05) is 44.2 Å². The van der Waals surface area contributed by atoms with Crippen LogP contribution in [0.5, 0.6) is 0 Å². The monoisotopic (exact) mass is 338 g/mol. The molecule has 1 aliphatic carbocycles. The van der Waals surface area contributed by atoms with Crippen LogP contribution in [0.4, 0.5) is 5.82 Å². The molecule has 0 atom stereocenters. The van der Waals surface area contributed by atoms with Crippen LogP contribution in [0.1, 0.15) is 54.7 Å². The Labute approximate surface area is 149 Å². The van der Waals surface area contributed by atoms with Gasteiger partial charge in [-0.05, 0) is 50.7 Å². The second-order valence-corrected chi connectivity index (χ2v) is 6.51. The first-order chi connectivity index (χ1) is 12.2. The molecule has 0 bridgehead atoms. The van der Waals surface area contributed by atoms with Crippen molar-refractivity contribution in [3.05, 3.63) is 47.2 Å². The quantitative estimate of drug-likeness (QED) is 0.812. The van der Waals surface area contributed by atoms with Crippen LogP contribution < -0.4 is 4.90 Å². The van der Waals surface area contributed by atoms with E-state index < -0.39 is 5.97 Å². The fraction of sp³-hybridized carbons (Fsp3) is 0.429. The Bertz CT molecular complexity index is 752. The molecule has 0 unspecified atom stereocenters. The van der Waals surface area contributed by atoms with Crippen molar-refractivity contribution in [1.29, 1.82) is 0 Å². The molecule has 25 heavy (non-hydrogen) atoms. The molecule has 0 saturated carbocycles. The number of hydrogen-bond donors (Lipinski definition) is 1. The number of aromatic nitrogens is 1. The summed E-state index contributed by atoms with van der Waals surface area (Å²) in [5, 5.41) is 10.1. The Morgan fingerprint density at radius 3 is 2.40 bits per heavy atom. The van der Waals surface area contributed by atoms with E-state index in [0.717, 1.165) is 61.2 Å². The van der Waals surface area contributed by atoms with Crippen LogP contribution in [0.3, 0.4) is 0 Å². The van der Waals surface area contributed by atoms with Gasteiger partial charge in [-0.25, -0.2) is 9.78 Å². The van der Waals surface area contributed by atoms with Crippen molar-refractivity contribution >= 4 is 11.8 Å². The van der Waals surface area contributed by atoms with Gasteiger partial charge in [0.15, 0.2) is 0 Å². The summed E-state index contributed by atoms with van der Waals surface area (Å²) in [6.07, 6.45) is 5.23. The number of nitrogens with zero attached hydrogens (tertiary/aromatic N) is 2. The van der Waals surface area contributed by atoms with Gasteiger partial charge in [0.25, 0.3) is 0 Å². The molecule has 1 aromatic carbocycles. The second kappa shape index (κ2) is 7.68. The molecule has 0 radical (unpaired) electrons. The van der Waals surface area contributed by atoms with Crippen molar-refractivity contribution in [1.82, 2.24) is 4.98 Å².